The summed E-state index contributed by atoms with van der Waals surface area (Å²) in [6.07, 6.45) is 0. The normalized spacial score (nSPS) is 12.2. The third-order valence-electron chi connectivity index (χ3n) is 2.99. The first-order chi connectivity index (χ1) is 5.94. The zero-order chi connectivity index (χ0) is 10.1. The second-order valence-electron chi connectivity index (χ2n) is 4.54. The zero-order valence-corrected chi connectivity index (χ0v) is 9.26. The molecule has 1 rings (SSSR count). The molecule has 0 spiro atoms. The van der Waals surface area contributed by atoms with Crippen LogP contribution in [0.5, 0.6) is 0 Å². The van der Waals surface area contributed by atoms with Gasteiger partial charge in [0.2, 0.25) is 0 Å². The van der Waals surface area contributed by atoms with Gasteiger partial charge >= 0.3 is 0 Å². The highest BCUT2D eigenvalue weighted by atomic mass is 14.7. The molecule has 72 valence electrons. The number of pyridine rings is 1. The summed E-state index contributed by atoms with van der Waals surface area (Å²) < 4.78 is 0. The fourth-order valence-corrected chi connectivity index (χ4v) is 1.20. The van der Waals surface area contributed by atoms with E-state index in [0.29, 0.717) is 5.92 Å². The molecule has 1 heterocycles. The summed E-state index contributed by atoms with van der Waals surface area (Å²) in [4.78, 5) is 4.57. The van der Waals surface area contributed by atoms with E-state index in [9.17, 15) is 0 Å². The second-order valence-corrected chi connectivity index (χ2v) is 4.54. The van der Waals surface area contributed by atoms with Crippen LogP contribution in [0.3, 0.4) is 0 Å². The van der Waals surface area contributed by atoms with E-state index in [0.717, 1.165) is 5.69 Å². The Balaban J connectivity index is 3.07. The van der Waals surface area contributed by atoms with Crippen molar-refractivity contribution in [2.24, 2.45) is 5.92 Å². The van der Waals surface area contributed by atoms with Crippen LogP contribution >= 0.6 is 0 Å². The van der Waals surface area contributed by atoms with Gasteiger partial charge in [-0.05, 0) is 25.0 Å². The van der Waals surface area contributed by atoms with E-state index in [1.165, 1.54) is 5.69 Å². The van der Waals surface area contributed by atoms with Crippen molar-refractivity contribution in [2.75, 3.05) is 0 Å². The van der Waals surface area contributed by atoms with Crippen LogP contribution in [0, 0.1) is 12.8 Å². The van der Waals surface area contributed by atoms with Crippen LogP contribution < -0.4 is 0 Å². The Labute approximate surface area is 81.2 Å². The second kappa shape index (κ2) is 3.49. The van der Waals surface area contributed by atoms with Crippen molar-refractivity contribution in [3.8, 4) is 0 Å². The molecule has 0 radical (unpaired) electrons. The van der Waals surface area contributed by atoms with Crippen molar-refractivity contribution in [2.45, 2.75) is 40.0 Å². The van der Waals surface area contributed by atoms with Crippen molar-refractivity contribution >= 4 is 0 Å². The molecule has 0 aliphatic rings. The average molecular weight is 177 g/mol. The van der Waals surface area contributed by atoms with Crippen molar-refractivity contribution in [1.82, 2.24) is 4.98 Å². The van der Waals surface area contributed by atoms with Gasteiger partial charge in [0.1, 0.15) is 0 Å². The van der Waals surface area contributed by atoms with Crippen LogP contribution in [0.25, 0.3) is 0 Å². The molecular weight excluding hydrogens is 158 g/mol. The molecule has 13 heavy (non-hydrogen) atoms. The molecule has 0 aromatic carbocycles. The van der Waals surface area contributed by atoms with E-state index >= 15 is 0 Å². The third kappa shape index (κ3) is 2.09. The van der Waals surface area contributed by atoms with E-state index in [1.807, 2.05) is 13.0 Å². The average Bonchev–Trinajstić information content (AvgIpc) is 2.04. The summed E-state index contributed by atoms with van der Waals surface area (Å²) in [5, 5.41) is 0. The Kier molecular flexibility index (Phi) is 2.74. The Bertz CT molecular complexity index is 287. The molecule has 0 bridgehead atoms. The number of hydrogen-bond donors (Lipinski definition) is 0. The minimum atomic E-state index is 0.173. The van der Waals surface area contributed by atoms with Gasteiger partial charge in [0, 0.05) is 16.8 Å². The number of nitrogens with zero attached hydrogens (tertiary/aromatic N) is 1. The van der Waals surface area contributed by atoms with E-state index in [1.54, 1.807) is 0 Å². The Morgan fingerprint density at radius 2 is 1.85 bits per heavy atom. The molecule has 1 heteroatoms. The van der Waals surface area contributed by atoms with Gasteiger partial charge < -0.3 is 0 Å². The van der Waals surface area contributed by atoms with E-state index < -0.39 is 0 Å². The molecule has 1 aromatic heterocycles. The summed E-state index contributed by atoms with van der Waals surface area (Å²) in [5.41, 5.74) is 2.47. The summed E-state index contributed by atoms with van der Waals surface area (Å²) in [6.45, 7) is 11.0. The molecular formula is C12H19N. The predicted octanol–water partition coefficient (Wildman–Crippen LogP) is 3.32. The first-order valence-electron chi connectivity index (χ1n) is 4.88. The van der Waals surface area contributed by atoms with Crippen LogP contribution in [0.2, 0.25) is 0 Å². The number of hydrogen-bond acceptors (Lipinski definition) is 1. The van der Waals surface area contributed by atoms with Gasteiger partial charge in [-0.3, -0.25) is 4.98 Å². The topological polar surface area (TPSA) is 12.9 Å². The van der Waals surface area contributed by atoms with Gasteiger partial charge in [-0.25, -0.2) is 0 Å². The number of aromatic nitrogens is 1. The molecule has 0 amide bonds. The lowest BCUT2D eigenvalue weighted by molar-refractivity contribution is 0.362. The lowest BCUT2D eigenvalue weighted by Crippen LogP contribution is -2.25. The van der Waals surface area contributed by atoms with Gasteiger partial charge in [-0.2, -0.15) is 0 Å². The molecule has 0 fully saturated rings. The van der Waals surface area contributed by atoms with Crippen molar-refractivity contribution in [3.63, 3.8) is 0 Å². The van der Waals surface area contributed by atoms with E-state index in [4.69, 9.17) is 0 Å². The van der Waals surface area contributed by atoms with Gasteiger partial charge in [-0.15, -0.1) is 0 Å². The fourth-order valence-electron chi connectivity index (χ4n) is 1.20. The van der Waals surface area contributed by atoms with Crippen LogP contribution in [0.15, 0.2) is 18.2 Å². The lowest BCUT2D eigenvalue weighted by Gasteiger charge is -2.28. The molecule has 0 aliphatic heterocycles. The summed E-state index contributed by atoms with van der Waals surface area (Å²) in [6, 6.07) is 6.24. The van der Waals surface area contributed by atoms with E-state index in [2.05, 4.69) is 44.8 Å². The van der Waals surface area contributed by atoms with Crippen molar-refractivity contribution in [1.29, 1.82) is 0 Å². The van der Waals surface area contributed by atoms with Crippen LogP contribution in [0.4, 0.5) is 0 Å². The standard InChI is InChI=1S/C12H19N/c1-9(2)12(4,5)11-8-6-7-10(3)13-11/h6-9H,1-5H3. The highest BCUT2D eigenvalue weighted by Crippen LogP contribution is 2.29. The lowest BCUT2D eigenvalue weighted by atomic mass is 9.78. The highest BCUT2D eigenvalue weighted by molar-refractivity contribution is 5.18. The van der Waals surface area contributed by atoms with Gasteiger partial charge in [-0.1, -0.05) is 33.8 Å². The van der Waals surface area contributed by atoms with Gasteiger partial charge in [0.25, 0.3) is 0 Å². The molecule has 1 aromatic rings. The molecule has 0 atom stereocenters. The van der Waals surface area contributed by atoms with Gasteiger partial charge in [0.05, 0.1) is 0 Å². The largest absolute Gasteiger partial charge is 0.258 e. The fraction of sp³-hybridized carbons (Fsp3) is 0.583. The molecule has 0 saturated heterocycles. The minimum absolute atomic E-state index is 0.173. The third-order valence-corrected chi connectivity index (χ3v) is 2.99. The van der Waals surface area contributed by atoms with Crippen LogP contribution in [0.1, 0.15) is 39.1 Å². The van der Waals surface area contributed by atoms with Gasteiger partial charge in [0.15, 0.2) is 0 Å². The monoisotopic (exact) mass is 177 g/mol. The Morgan fingerprint density at radius 1 is 1.23 bits per heavy atom. The molecule has 0 N–H and O–H groups in total. The highest BCUT2D eigenvalue weighted by Gasteiger charge is 2.25. The van der Waals surface area contributed by atoms with Crippen LogP contribution in [-0.4, -0.2) is 4.98 Å². The summed E-state index contributed by atoms with van der Waals surface area (Å²) >= 11 is 0. The quantitative estimate of drug-likeness (QED) is 0.675. The Morgan fingerprint density at radius 3 is 2.31 bits per heavy atom. The molecule has 0 aliphatic carbocycles. The number of rotatable bonds is 2. The smallest absolute Gasteiger partial charge is 0.0465 e. The zero-order valence-electron chi connectivity index (χ0n) is 9.26. The number of aryl methyl sites for hydroxylation is 1. The van der Waals surface area contributed by atoms with Crippen LogP contribution in [-0.2, 0) is 5.41 Å². The molecule has 0 saturated carbocycles. The summed E-state index contributed by atoms with van der Waals surface area (Å²) in [5.74, 6) is 0.613. The first-order valence-corrected chi connectivity index (χ1v) is 4.88. The SMILES string of the molecule is Cc1cccc(C(C)(C)C(C)C)n1. The van der Waals surface area contributed by atoms with E-state index in [-0.39, 0.29) is 5.41 Å². The van der Waals surface area contributed by atoms with Crippen molar-refractivity contribution in [3.05, 3.63) is 29.6 Å². The predicted molar refractivity (Wildman–Crippen MR) is 56.8 cm³/mol. The summed E-state index contributed by atoms with van der Waals surface area (Å²) in [7, 11) is 0. The molecule has 1 nitrogen and oxygen atoms in total. The minimum Gasteiger partial charge on any atom is -0.258 e. The van der Waals surface area contributed by atoms with Crippen molar-refractivity contribution < 1.29 is 0 Å². The maximum absolute atomic E-state index is 4.57. The Hall–Kier alpha value is -0.850. The first kappa shape index (κ1) is 10.2. The maximum atomic E-state index is 4.57. The maximum Gasteiger partial charge on any atom is 0.0465 e. The molecule has 0 unspecified atom stereocenters.